The van der Waals surface area contributed by atoms with E-state index in [-0.39, 0.29) is 5.56 Å². The van der Waals surface area contributed by atoms with Gasteiger partial charge in [0, 0.05) is 5.56 Å². The van der Waals surface area contributed by atoms with Crippen molar-refractivity contribution in [2.45, 2.75) is 6.92 Å². The minimum Gasteiger partial charge on any atom is -0.493 e. The van der Waals surface area contributed by atoms with Crippen LogP contribution in [0.25, 0.3) is 11.3 Å². The number of aryl methyl sites for hydroxylation is 1. The van der Waals surface area contributed by atoms with E-state index in [1.165, 1.54) is 39.7 Å². The molecule has 4 rings (SSSR count). The number of ether oxygens (including phenoxy) is 4. The highest BCUT2D eigenvalue weighted by molar-refractivity contribution is 6.01. The highest BCUT2D eigenvalue weighted by atomic mass is 16.5. The van der Waals surface area contributed by atoms with E-state index in [0.717, 1.165) is 5.56 Å². The van der Waals surface area contributed by atoms with Gasteiger partial charge in [-0.1, -0.05) is 35.5 Å². The smallest absolute Gasteiger partial charge is 0.343 e. The summed E-state index contributed by atoms with van der Waals surface area (Å²) in [5, 5.41) is 8.03. The fraction of sp³-hybridized carbons (Fsp3) is 0.143. The maximum absolute atomic E-state index is 12.7. The SMILES string of the molecule is COc1cc(C(=O)Oc2ccc(/C=N/NC(=O)c3c(-c4ccccc4)noc3C)cc2)cc(OC)c1OC. The number of amides is 1. The molecule has 0 saturated heterocycles. The third-order valence-electron chi connectivity index (χ3n) is 5.51. The molecule has 0 bridgehead atoms. The molecular formula is C28H25N3O7. The second-order valence-electron chi connectivity index (χ2n) is 7.90. The molecule has 1 heterocycles. The molecule has 38 heavy (non-hydrogen) atoms. The zero-order valence-electron chi connectivity index (χ0n) is 21.2. The van der Waals surface area contributed by atoms with Crippen LogP contribution in [-0.4, -0.2) is 44.6 Å². The molecule has 0 atom stereocenters. The Morgan fingerprint density at radius 1 is 0.921 bits per heavy atom. The number of esters is 1. The summed E-state index contributed by atoms with van der Waals surface area (Å²) in [5.74, 6) is 0.700. The summed E-state index contributed by atoms with van der Waals surface area (Å²) in [7, 11) is 4.40. The molecule has 194 valence electrons. The third kappa shape index (κ3) is 5.65. The van der Waals surface area contributed by atoms with Crippen LogP contribution in [0, 0.1) is 6.92 Å². The second kappa shape index (κ2) is 11.7. The second-order valence-corrected chi connectivity index (χ2v) is 7.90. The summed E-state index contributed by atoms with van der Waals surface area (Å²) in [4.78, 5) is 25.4. The fourth-order valence-electron chi connectivity index (χ4n) is 3.64. The topological polar surface area (TPSA) is 121 Å². The molecule has 1 amide bonds. The Morgan fingerprint density at radius 2 is 1.58 bits per heavy atom. The van der Waals surface area contributed by atoms with Crippen LogP contribution in [0.3, 0.4) is 0 Å². The van der Waals surface area contributed by atoms with E-state index >= 15 is 0 Å². The van der Waals surface area contributed by atoms with Crippen LogP contribution in [0.15, 0.2) is 76.4 Å². The Morgan fingerprint density at radius 3 is 2.18 bits per heavy atom. The number of hydrazone groups is 1. The first-order valence-electron chi connectivity index (χ1n) is 11.4. The average Bonchev–Trinajstić information content (AvgIpc) is 3.34. The Balaban J connectivity index is 1.41. The number of nitrogens with zero attached hydrogens (tertiary/aromatic N) is 2. The van der Waals surface area contributed by atoms with E-state index < -0.39 is 11.9 Å². The molecule has 0 saturated carbocycles. The zero-order valence-corrected chi connectivity index (χ0v) is 21.2. The molecule has 1 N–H and O–H groups in total. The fourth-order valence-corrected chi connectivity index (χ4v) is 3.64. The van der Waals surface area contributed by atoms with Crippen molar-refractivity contribution >= 4 is 18.1 Å². The van der Waals surface area contributed by atoms with Gasteiger partial charge in [0.15, 0.2) is 11.5 Å². The highest BCUT2D eigenvalue weighted by Gasteiger charge is 2.21. The Bertz CT molecular complexity index is 1440. The third-order valence-corrected chi connectivity index (χ3v) is 5.51. The van der Waals surface area contributed by atoms with Crippen molar-refractivity contribution < 1.29 is 33.1 Å². The zero-order chi connectivity index (χ0) is 27.1. The molecule has 0 spiro atoms. The molecule has 1 aromatic heterocycles. The lowest BCUT2D eigenvalue weighted by molar-refractivity contribution is 0.0733. The number of hydrogen-bond acceptors (Lipinski definition) is 9. The van der Waals surface area contributed by atoms with Crippen molar-refractivity contribution in [1.82, 2.24) is 10.6 Å². The minimum absolute atomic E-state index is 0.228. The van der Waals surface area contributed by atoms with Crippen molar-refractivity contribution in [3.05, 3.63) is 89.2 Å². The van der Waals surface area contributed by atoms with Crippen LogP contribution in [0.5, 0.6) is 23.0 Å². The Kier molecular flexibility index (Phi) is 8.02. The van der Waals surface area contributed by atoms with Gasteiger partial charge in [0.05, 0.1) is 33.1 Å². The van der Waals surface area contributed by atoms with Gasteiger partial charge in [-0.2, -0.15) is 5.10 Å². The summed E-state index contributed by atoms with van der Waals surface area (Å²) in [6.45, 7) is 1.66. The lowest BCUT2D eigenvalue weighted by Gasteiger charge is -2.13. The van der Waals surface area contributed by atoms with Gasteiger partial charge in [-0.25, -0.2) is 10.2 Å². The summed E-state index contributed by atoms with van der Waals surface area (Å²) in [6.07, 6.45) is 1.47. The molecule has 0 fully saturated rings. The minimum atomic E-state index is -0.601. The number of carbonyl (C=O) groups is 2. The maximum atomic E-state index is 12.7. The van der Waals surface area contributed by atoms with Crippen LogP contribution in [0.2, 0.25) is 0 Å². The van der Waals surface area contributed by atoms with Crippen molar-refractivity contribution in [2.24, 2.45) is 5.10 Å². The van der Waals surface area contributed by atoms with Crippen molar-refractivity contribution in [3.8, 4) is 34.3 Å². The quantitative estimate of drug-likeness (QED) is 0.148. The number of hydrogen-bond donors (Lipinski definition) is 1. The van der Waals surface area contributed by atoms with Crippen LogP contribution in [0.4, 0.5) is 0 Å². The molecule has 0 aliphatic heterocycles. The first-order chi connectivity index (χ1) is 18.4. The molecular weight excluding hydrogens is 490 g/mol. The van der Waals surface area contributed by atoms with Gasteiger partial charge in [-0.15, -0.1) is 0 Å². The van der Waals surface area contributed by atoms with E-state index in [4.69, 9.17) is 23.5 Å². The number of carbonyl (C=O) groups excluding carboxylic acids is 2. The van der Waals surface area contributed by atoms with E-state index in [2.05, 4.69) is 15.7 Å². The molecule has 0 aliphatic carbocycles. The number of methoxy groups -OCH3 is 3. The Hall–Kier alpha value is -5.12. The van der Waals surface area contributed by atoms with Gasteiger partial charge in [0.25, 0.3) is 5.91 Å². The van der Waals surface area contributed by atoms with Gasteiger partial charge in [0.1, 0.15) is 22.8 Å². The van der Waals surface area contributed by atoms with Crippen LogP contribution < -0.4 is 24.4 Å². The molecule has 3 aromatic carbocycles. The largest absolute Gasteiger partial charge is 0.493 e. The Labute approximate surface area is 218 Å². The summed E-state index contributed by atoms with van der Waals surface area (Å²) in [6, 6.07) is 18.9. The molecule has 0 aliphatic rings. The predicted octanol–water partition coefficient (Wildman–Crippen LogP) is 4.66. The van der Waals surface area contributed by atoms with Crippen molar-refractivity contribution in [3.63, 3.8) is 0 Å². The van der Waals surface area contributed by atoms with Crippen LogP contribution in [-0.2, 0) is 0 Å². The van der Waals surface area contributed by atoms with Crippen molar-refractivity contribution in [1.29, 1.82) is 0 Å². The van der Waals surface area contributed by atoms with Crippen LogP contribution >= 0.6 is 0 Å². The van der Waals surface area contributed by atoms with Crippen molar-refractivity contribution in [2.75, 3.05) is 21.3 Å². The lowest BCUT2D eigenvalue weighted by atomic mass is 10.1. The summed E-state index contributed by atoms with van der Waals surface area (Å²) in [5.41, 5.74) is 4.90. The van der Waals surface area contributed by atoms with E-state index in [9.17, 15) is 9.59 Å². The summed E-state index contributed by atoms with van der Waals surface area (Å²) >= 11 is 0. The predicted molar refractivity (Wildman–Crippen MR) is 139 cm³/mol. The van der Waals surface area contributed by atoms with Gasteiger partial charge in [0.2, 0.25) is 5.75 Å². The number of nitrogens with one attached hydrogen (secondary N) is 1. The normalized spacial score (nSPS) is 10.7. The van der Waals surface area contributed by atoms with E-state index in [0.29, 0.717) is 45.6 Å². The average molecular weight is 516 g/mol. The monoisotopic (exact) mass is 515 g/mol. The van der Waals surface area contributed by atoms with Crippen LogP contribution in [0.1, 0.15) is 32.0 Å². The van der Waals surface area contributed by atoms with Gasteiger partial charge in [-0.3, -0.25) is 4.79 Å². The first-order valence-corrected chi connectivity index (χ1v) is 11.4. The summed E-state index contributed by atoms with van der Waals surface area (Å²) < 4.78 is 26.5. The maximum Gasteiger partial charge on any atom is 0.343 e. The molecule has 0 radical (unpaired) electrons. The molecule has 0 unspecified atom stereocenters. The van der Waals surface area contributed by atoms with E-state index in [1.54, 1.807) is 31.2 Å². The number of rotatable bonds is 9. The first kappa shape index (κ1) is 26.0. The van der Waals surface area contributed by atoms with Gasteiger partial charge < -0.3 is 23.5 Å². The highest BCUT2D eigenvalue weighted by Crippen LogP contribution is 2.38. The number of benzene rings is 3. The van der Waals surface area contributed by atoms with Gasteiger partial charge >= 0.3 is 5.97 Å². The van der Waals surface area contributed by atoms with E-state index in [1.807, 2.05) is 30.3 Å². The molecule has 4 aromatic rings. The number of aromatic nitrogens is 1. The molecule has 10 heteroatoms. The molecule has 10 nitrogen and oxygen atoms in total. The standard InChI is InChI=1S/C28H25N3O7/c1-17-24(25(31-38-17)19-8-6-5-7-9-19)27(32)30-29-16-18-10-12-21(13-11-18)37-28(33)20-14-22(34-2)26(36-4)23(15-20)35-3/h5-16H,1-4H3,(H,30,32)/b29-16+. The lowest BCUT2D eigenvalue weighted by Crippen LogP contribution is -2.18. The van der Waals surface area contributed by atoms with Gasteiger partial charge in [-0.05, 0) is 48.9 Å².